The molecule has 2 amide bonds. The van der Waals surface area contributed by atoms with Crippen molar-refractivity contribution in [3.8, 4) is 11.1 Å². The molecule has 1 aliphatic rings. The average molecular weight is 383 g/mol. The monoisotopic (exact) mass is 383 g/mol. The van der Waals surface area contributed by atoms with E-state index in [9.17, 15) is 9.59 Å². The smallest absolute Gasteiger partial charge is 0.407 e. The van der Waals surface area contributed by atoms with E-state index in [-0.39, 0.29) is 30.0 Å². The molecule has 0 unspecified atom stereocenters. The van der Waals surface area contributed by atoms with Crippen molar-refractivity contribution in [3.05, 3.63) is 36.2 Å². The number of carbonyl (C=O) groups is 2. The van der Waals surface area contributed by atoms with Crippen molar-refractivity contribution in [2.75, 3.05) is 10.6 Å². The van der Waals surface area contributed by atoms with Crippen molar-refractivity contribution in [3.63, 3.8) is 0 Å². The first-order chi connectivity index (χ1) is 13.3. The van der Waals surface area contributed by atoms with Crippen LogP contribution < -0.4 is 16.0 Å². The van der Waals surface area contributed by atoms with Crippen molar-refractivity contribution >= 4 is 23.6 Å². The SMILES string of the molecule is CC(=O)N1c2ccc(-c3cnc(N)nc3)cc2[C@@H](NC(=O)OC(C)C)C[C@H]1C. The Bertz CT molecular complexity index is 882. The first-order valence-corrected chi connectivity index (χ1v) is 9.25. The molecule has 28 heavy (non-hydrogen) atoms. The van der Waals surface area contributed by atoms with Gasteiger partial charge in [-0.05, 0) is 50.5 Å². The van der Waals surface area contributed by atoms with Gasteiger partial charge in [-0.25, -0.2) is 14.8 Å². The molecule has 8 nitrogen and oxygen atoms in total. The second-order valence-corrected chi connectivity index (χ2v) is 7.23. The fourth-order valence-electron chi connectivity index (χ4n) is 3.54. The van der Waals surface area contributed by atoms with E-state index in [2.05, 4.69) is 15.3 Å². The molecule has 2 heterocycles. The van der Waals surface area contributed by atoms with Gasteiger partial charge >= 0.3 is 6.09 Å². The average Bonchev–Trinajstić information content (AvgIpc) is 2.61. The standard InChI is InChI=1S/C20H25N5O3/c1-11(2)28-20(27)24-17-7-12(3)25(13(4)26)18-6-5-14(8-16(17)18)15-9-22-19(21)23-10-15/h5-6,8-12,17H,7H2,1-4H3,(H,24,27)(H2,21,22,23)/t12-,17+/m1/s1. The minimum absolute atomic E-state index is 0.0412. The zero-order chi connectivity index (χ0) is 20.4. The molecule has 1 aromatic heterocycles. The lowest BCUT2D eigenvalue weighted by Crippen LogP contribution is -2.45. The summed E-state index contributed by atoms with van der Waals surface area (Å²) >= 11 is 0. The second-order valence-electron chi connectivity index (χ2n) is 7.23. The number of hydrogen-bond donors (Lipinski definition) is 2. The highest BCUT2D eigenvalue weighted by Gasteiger charge is 2.33. The fourth-order valence-corrected chi connectivity index (χ4v) is 3.54. The summed E-state index contributed by atoms with van der Waals surface area (Å²) in [5.41, 5.74) is 8.88. The lowest BCUT2D eigenvalue weighted by atomic mass is 9.89. The Morgan fingerprint density at radius 3 is 2.54 bits per heavy atom. The summed E-state index contributed by atoms with van der Waals surface area (Å²) in [7, 11) is 0. The number of nitrogens with zero attached hydrogens (tertiary/aromatic N) is 3. The van der Waals surface area contributed by atoms with E-state index in [1.807, 2.05) is 25.1 Å². The summed E-state index contributed by atoms with van der Waals surface area (Å²) < 4.78 is 5.24. The van der Waals surface area contributed by atoms with E-state index in [1.54, 1.807) is 38.1 Å². The van der Waals surface area contributed by atoms with Crippen LogP contribution in [0.1, 0.15) is 45.7 Å². The van der Waals surface area contributed by atoms with Gasteiger partial charge in [-0.15, -0.1) is 0 Å². The Labute approximate surface area is 164 Å². The van der Waals surface area contributed by atoms with Gasteiger partial charge in [0.25, 0.3) is 0 Å². The molecule has 3 N–H and O–H groups in total. The summed E-state index contributed by atoms with van der Waals surface area (Å²) in [6.07, 6.45) is 3.19. The number of alkyl carbamates (subject to hydrolysis) is 1. The summed E-state index contributed by atoms with van der Waals surface area (Å²) in [4.78, 5) is 34.2. The van der Waals surface area contributed by atoms with E-state index in [0.29, 0.717) is 6.42 Å². The van der Waals surface area contributed by atoms with Crippen molar-refractivity contribution in [1.82, 2.24) is 15.3 Å². The minimum atomic E-state index is -0.476. The maximum absolute atomic E-state index is 12.2. The lowest BCUT2D eigenvalue weighted by Gasteiger charge is -2.39. The topological polar surface area (TPSA) is 110 Å². The summed E-state index contributed by atoms with van der Waals surface area (Å²) in [6, 6.07) is 5.42. The van der Waals surface area contributed by atoms with E-state index in [4.69, 9.17) is 10.5 Å². The minimum Gasteiger partial charge on any atom is -0.447 e. The highest BCUT2D eigenvalue weighted by Crippen LogP contribution is 2.39. The Hall–Kier alpha value is -3.16. The number of hydrogen-bond acceptors (Lipinski definition) is 6. The van der Waals surface area contributed by atoms with Crippen LogP contribution in [0.2, 0.25) is 0 Å². The van der Waals surface area contributed by atoms with Gasteiger partial charge < -0.3 is 20.7 Å². The predicted molar refractivity (Wildman–Crippen MR) is 107 cm³/mol. The first-order valence-electron chi connectivity index (χ1n) is 9.25. The second kappa shape index (κ2) is 7.84. The number of benzene rings is 1. The number of nitrogens with two attached hydrogens (primary N) is 1. The van der Waals surface area contributed by atoms with Gasteiger partial charge in [0.2, 0.25) is 11.9 Å². The molecule has 1 aliphatic heterocycles. The van der Waals surface area contributed by atoms with Crippen molar-refractivity contribution in [1.29, 1.82) is 0 Å². The van der Waals surface area contributed by atoms with Gasteiger partial charge in [0.05, 0.1) is 12.1 Å². The summed E-state index contributed by atoms with van der Waals surface area (Å²) in [5.74, 6) is 0.162. The van der Waals surface area contributed by atoms with Gasteiger partial charge in [0.15, 0.2) is 0 Å². The molecular formula is C20H25N5O3. The van der Waals surface area contributed by atoms with E-state index >= 15 is 0 Å². The van der Waals surface area contributed by atoms with Crippen molar-refractivity contribution < 1.29 is 14.3 Å². The Balaban J connectivity index is 2.02. The third kappa shape index (κ3) is 4.05. The molecule has 0 bridgehead atoms. The van der Waals surface area contributed by atoms with Gasteiger partial charge in [-0.2, -0.15) is 0 Å². The van der Waals surface area contributed by atoms with E-state index in [0.717, 1.165) is 22.4 Å². The Kier molecular flexibility index (Phi) is 5.48. The summed E-state index contributed by atoms with van der Waals surface area (Å²) in [6.45, 7) is 7.11. The highest BCUT2D eigenvalue weighted by atomic mass is 16.6. The fraction of sp³-hybridized carbons (Fsp3) is 0.400. The van der Waals surface area contributed by atoms with Crippen LogP contribution in [0.4, 0.5) is 16.4 Å². The zero-order valence-electron chi connectivity index (χ0n) is 16.5. The molecule has 0 saturated heterocycles. The van der Waals surface area contributed by atoms with E-state index < -0.39 is 6.09 Å². The maximum Gasteiger partial charge on any atom is 0.407 e. The van der Waals surface area contributed by atoms with Crippen LogP contribution in [0, 0.1) is 0 Å². The number of amides is 2. The molecule has 148 valence electrons. The van der Waals surface area contributed by atoms with Crippen LogP contribution >= 0.6 is 0 Å². The molecular weight excluding hydrogens is 358 g/mol. The number of anilines is 2. The molecule has 3 rings (SSSR count). The lowest BCUT2D eigenvalue weighted by molar-refractivity contribution is -0.117. The third-order valence-corrected chi connectivity index (χ3v) is 4.66. The molecule has 0 fully saturated rings. The van der Waals surface area contributed by atoms with Gasteiger partial charge in [0, 0.05) is 36.6 Å². The van der Waals surface area contributed by atoms with E-state index in [1.165, 1.54) is 0 Å². The van der Waals surface area contributed by atoms with Crippen LogP contribution in [-0.2, 0) is 9.53 Å². The normalized spacial score (nSPS) is 18.5. The largest absolute Gasteiger partial charge is 0.447 e. The quantitative estimate of drug-likeness (QED) is 0.843. The number of nitrogen functional groups attached to an aromatic ring is 1. The summed E-state index contributed by atoms with van der Waals surface area (Å²) in [5, 5.41) is 2.93. The van der Waals surface area contributed by atoms with Crippen LogP contribution in [0.5, 0.6) is 0 Å². The number of rotatable bonds is 3. The Morgan fingerprint density at radius 2 is 1.93 bits per heavy atom. The number of aromatic nitrogens is 2. The Morgan fingerprint density at radius 1 is 1.25 bits per heavy atom. The van der Waals surface area contributed by atoms with Gasteiger partial charge in [0.1, 0.15) is 0 Å². The highest BCUT2D eigenvalue weighted by molar-refractivity contribution is 5.94. The molecule has 8 heteroatoms. The van der Waals surface area contributed by atoms with Gasteiger partial charge in [-0.1, -0.05) is 6.07 Å². The van der Waals surface area contributed by atoms with Crippen LogP contribution in [0.15, 0.2) is 30.6 Å². The predicted octanol–water partition coefficient (Wildman–Crippen LogP) is 3.05. The van der Waals surface area contributed by atoms with Crippen LogP contribution in [0.3, 0.4) is 0 Å². The van der Waals surface area contributed by atoms with Crippen LogP contribution in [-0.4, -0.2) is 34.1 Å². The molecule has 1 aromatic carbocycles. The number of nitrogens with one attached hydrogen (secondary N) is 1. The molecule has 0 spiro atoms. The number of ether oxygens (including phenoxy) is 1. The number of fused-ring (bicyclic) bond motifs is 1. The van der Waals surface area contributed by atoms with Crippen molar-refractivity contribution in [2.24, 2.45) is 0 Å². The molecule has 2 aromatic rings. The first kappa shape index (κ1) is 19.6. The number of carbonyl (C=O) groups excluding carboxylic acids is 2. The van der Waals surface area contributed by atoms with Crippen LogP contribution in [0.25, 0.3) is 11.1 Å². The maximum atomic E-state index is 12.2. The molecule has 0 saturated carbocycles. The van der Waals surface area contributed by atoms with Gasteiger partial charge in [-0.3, -0.25) is 4.79 Å². The molecule has 0 aliphatic carbocycles. The van der Waals surface area contributed by atoms with Crippen molar-refractivity contribution in [2.45, 2.75) is 52.3 Å². The third-order valence-electron chi connectivity index (χ3n) is 4.66. The molecule has 0 radical (unpaired) electrons. The molecule has 2 atom stereocenters. The zero-order valence-corrected chi connectivity index (χ0v) is 16.5.